The number of hydrogen-bond acceptors (Lipinski definition) is 6. The van der Waals surface area contributed by atoms with Gasteiger partial charge in [0.25, 0.3) is 5.91 Å². The highest BCUT2D eigenvalue weighted by Crippen LogP contribution is 2.34. The first kappa shape index (κ1) is 20.4. The van der Waals surface area contributed by atoms with Gasteiger partial charge in [-0.2, -0.15) is 0 Å². The molecule has 144 valence electrons. The van der Waals surface area contributed by atoms with E-state index in [4.69, 9.17) is 33.3 Å². The van der Waals surface area contributed by atoms with Crippen molar-refractivity contribution in [3.8, 4) is 11.5 Å². The highest BCUT2D eigenvalue weighted by molar-refractivity contribution is 8.26. The molecule has 0 aromatic heterocycles. The Morgan fingerprint density at radius 3 is 2.54 bits per heavy atom. The summed E-state index contributed by atoms with van der Waals surface area (Å²) in [6.45, 7) is 2.41. The van der Waals surface area contributed by atoms with Crippen LogP contribution in [0.1, 0.15) is 22.8 Å². The van der Waals surface area contributed by atoms with Crippen molar-refractivity contribution >= 4 is 57.9 Å². The van der Waals surface area contributed by atoms with Crippen LogP contribution in [-0.2, 0) is 4.79 Å². The van der Waals surface area contributed by atoms with Crippen molar-refractivity contribution in [3.63, 3.8) is 0 Å². The third-order valence-electron chi connectivity index (χ3n) is 3.96. The molecule has 0 spiro atoms. The van der Waals surface area contributed by atoms with Crippen molar-refractivity contribution in [2.75, 3.05) is 13.7 Å². The summed E-state index contributed by atoms with van der Waals surface area (Å²) >= 11 is 12.3. The molecule has 0 N–H and O–H groups in total. The number of hydrogen-bond donors (Lipinski definition) is 0. The monoisotopic (exact) mass is 433 g/mol. The average molecular weight is 434 g/mol. The van der Waals surface area contributed by atoms with Gasteiger partial charge in [-0.15, -0.1) is 0 Å². The summed E-state index contributed by atoms with van der Waals surface area (Å²) in [4.78, 5) is 26.7. The van der Waals surface area contributed by atoms with Gasteiger partial charge in [0.2, 0.25) is 0 Å². The molecule has 2 aromatic carbocycles. The van der Waals surface area contributed by atoms with Crippen molar-refractivity contribution in [2.24, 2.45) is 0 Å². The number of halogens is 1. The number of rotatable bonds is 5. The summed E-state index contributed by atoms with van der Waals surface area (Å²) in [6, 6.07) is 11.5. The summed E-state index contributed by atoms with van der Waals surface area (Å²) in [5.41, 5.74) is 1.11. The molecule has 0 radical (unpaired) electrons. The fourth-order valence-electron chi connectivity index (χ4n) is 2.53. The molecule has 0 atom stereocenters. The van der Waals surface area contributed by atoms with Crippen LogP contribution in [0.5, 0.6) is 11.5 Å². The SMILES string of the molecule is CCN1C(=O)/C(=C/c2ccc(OC(=O)c3ccc(Cl)cc3)c(OC)c2)SC1=S. The van der Waals surface area contributed by atoms with E-state index in [-0.39, 0.29) is 11.7 Å². The zero-order chi connectivity index (χ0) is 20.3. The topological polar surface area (TPSA) is 55.8 Å². The second-order valence-corrected chi connectivity index (χ2v) is 7.84. The Hall–Kier alpha value is -2.35. The van der Waals surface area contributed by atoms with Gasteiger partial charge in [-0.1, -0.05) is 41.6 Å². The molecule has 3 rings (SSSR count). The van der Waals surface area contributed by atoms with Crippen LogP contribution in [0.15, 0.2) is 47.4 Å². The fraction of sp³-hybridized carbons (Fsp3) is 0.150. The Labute approximate surface area is 177 Å². The number of thioether (sulfide) groups is 1. The molecule has 1 amide bonds. The van der Waals surface area contributed by atoms with Crippen LogP contribution in [-0.4, -0.2) is 34.8 Å². The van der Waals surface area contributed by atoms with Crippen molar-refractivity contribution in [2.45, 2.75) is 6.92 Å². The van der Waals surface area contributed by atoms with Crippen LogP contribution >= 0.6 is 35.6 Å². The van der Waals surface area contributed by atoms with Gasteiger partial charge >= 0.3 is 5.97 Å². The van der Waals surface area contributed by atoms with E-state index in [2.05, 4.69) is 0 Å². The van der Waals surface area contributed by atoms with Gasteiger partial charge in [-0.3, -0.25) is 9.69 Å². The number of carbonyl (C=O) groups excluding carboxylic acids is 2. The van der Waals surface area contributed by atoms with Gasteiger partial charge < -0.3 is 9.47 Å². The molecule has 0 bridgehead atoms. The van der Waals surface area contributed by atoms with E-state index in [0.717, 1.165) is 5.56 Å². The van der Waals surface area contributed by atoms with E-state index in [9.17, 15) is 9.59 Å². The molecule has 5 nitrogen and oxygen atoms in total. The van der Waals surface area contributed by atoms with Gasteiger partial charge in [-0.25, -0.2) is 4.79 Å². The van der Waals surface area contributed by atoms with E-state index in [1.165, 1.54) is 18.9 Å². The first-order valence-corrected chi connectivity index (χ1v) is 9.94. The number of esters is 1. The van der Waals surface area contributed by atoms with Gasteiger partial charge in [0.1, 0.15) is 4.32 Å². The first-order chi connectivity index (χ1) is 13.4. The minimum absolute atomic E-state index is 0.116. The number of thiocarbonyl (C=S) groups is 1. The first-order valence-electron chi connectivity index (χ1n) is 8.34. The van der Waals surface area contributed by atoms with Crippen LogP contribution in [0.4, 0.5) is 0 Å². The highest BCUT2D eigenvalue weighted by Gasteiger charge is 2.30. The standard InChI is InChI=1S/C20H16ClNO4S2/c1-3-22-18(23)17(28-20(22)27)11-12-4-9-15(16(10-12)25-2)26-19(24)13-5-7-14(21)8-6-13/h4-11H,3H2,1-2H3/b17-11-. The summed E-state index contributed by atoms with van der Waals surface area (Å²) in [5, 5.41) is 0.534. The van der Waals surface area contributed by atoms with Crippen LogP contribution in [0, 0.1) is 0 Å². The molecule has 1 heterocycles. The number of ether oxygens (including phenoxy) is 2. The molecule has 0 unspecified atom stereocenters. The molecule has 28 heavy (non-hydrogen) atoms. The van der Waals surface area contributed by atoms with E-state index >= 15 is 0 Å². The predicted octanol–water partition coefficient (Wildman–Crippen LogP) is 4.79. The number of methoxy groups -OCH3 is 1. The molecule has 1 aliphatic rings. The zero-order valence-corrected chi connectivity index (χ0v) is 17.5. The van der Waals surface area contributed by atoms with Gasteiger partial charge in [0.15, 0.2) is 11.5 Å². The predicted molar refractivity (Wildman–Crippen MR) is 115 cm³/mol. The third kappa shape index (κ3) is 4.38. The van der Waals surface area contributed by atoms with Crippen LogP contribution in [0.25, 0.3) is 6.08 Å². The molecule has 8 heteroatoms. The van der Waals surface area contributed by atoms with Crippen LogP contribution < -0.4 is 9.47 Å². The maximum Gasteiger partial charge on any atom is 0.343 e. The van der Waals surface area contributed by atoms with Crippen molar-refractivity contribution < 1.29 is 19.1 Å². The van der Waals surface area contributed by atoms with Gasteiger partial charge in [0.05, 0.1) is 17.6 Å². The highest BCUT2D eigenvalue weighted by atomic mass is 35.5. The maximum absolute atomic E-state index is 12.3. The number of benzene rings is 2. The smallest absolute Gasteiger partial charge is 0.343 e. The Kier molecular flexibility index (Phi) is 6.39. The lowest BCUT2D eigenvalue weighted by Gasteiger charge is -2.11. The molecular formula is C20H16ClNO4S2. The van der Waals surface area contributed by atoms with E-state index in [0.29, 0.717) is 32.1 Å². The normalized spacial score (nSPS) is 15.2. The summed E-state index contributed by atoms with van der Waals surface area (Å²) in [7, 11) is 1.48. The second-order valence-electron chi connectivity index (χ2n) is 5.73. The lowest BCUT2D eigenvalue weighted by Crippen LogP contribution is -2.27. The molecule has 1 fully saturated rings. The zero-order valence-electron chi connectivity index (χ0n) is 15.1. The van der Waals surface area contributed by atoms with Crippen LogP contribution in [0.3, 0.4) is 0 Å². The van der Waals surface area contributed by atoms with Crippen molar-refractivity contribution in [1.29, 1.82) is 0 Å². The minimum Gasteiger partial charge on any atom is -0.493 e. The lowest BCUT2D eigenvalue weighted by atomic mass is 10.1. The van der Waals surface area contributed by atoms with E-state index in [1.807, 2.05) is 6.92 Å². The van der Waals surface area contributed by atoms with Crippen LogP contribution in [0.2, 0.25) is 5.02 Å². The molecular weight excluding hydrogens is 418 g/mol. The number of likely N-dealkylation sites (N-methyl/N-ethyl adjacent to an activating group) is 1. The van der Waals surface area contributed by atoms with E-state index < -0.39 is 5.97 Å². The summed E-state index contributed by atoms with van der Waals surface area (Å²) in [6.07, 6.45) is 1.74. The quantitative estimate of drug-likeness (QED) is 0.292. The third-order valence-corrected chi connectivity index (χ3v) is 5.59. The number of amides is 1. The average Bonchev–Trinajstić information content (AvgIpc) is 2.95. The molecule has 1 aliphatic heterocycles. The minimum atomic E-state index is -0.522. The number of carbonyl (C=O) groups is 2. The Morgan fingerprint density at radius 1 is 1.21 bits per heavy atom. The Morgan fingerprint density at radius 2 is 1.93 bits per heavy atom. The van der Waals surface area contributed by atoms with Crippen molar-refractivity contribution in [1.82, 2.24) is 4.90 Å². The fourth-order valence-corrected chi connectivity index (χ4v) is 4.04. The maximum atomic E-state index is 12.3. The Bertz CT molecular complexity index is 973. The summed E-state index contributed by atoms with van der Waals surface area (Å²) in [5.74, 6) is 0.0176. The lowest BCUT2D eigenvalue weighted by molar-refractivity contribution is -0.121. The number of nitrogens with zero attached hydrogens (tertiary/aromatic N) is 1. The Balaban J connectivity index is 1.82. The van der Waals surface area contributed by atoms with Gasteiger partial charge in [-0.05, 0) is 55.0 Å². The largest absolute Gasteiger partial charge is 0.493 e. The molecule has 0 saturated carbocycles. The molecule has 2 aromatic rings. The van der Waals surface area contributed by atoms with E-state index in [1.54, 1.807) is 53.4 Å². The molecule has 0 aliphatic carbocycles. The molecule has 1 saturated heterocycles. The second kappa shape index (κ2) is 8.77. The summed E-state index contributed by atoms with van der Waals surface area (Å²) < 4.78 is 11.3. The van der Waals surface area contributed by atoms with Crippen molar-refractivity contribution in [3.05, 3.63) is 63.5 Å². The van der Waals surface area contributed by atoms with Gasteiger partial charge in [0, 0.05) is 11.6 Å².